The van der Waals surface area contributed by atoms with Crippen molar-refractivity contribution in [1.29, 1.82) is 0 Å². The normalized spacial score (nSPS) is 2.62. The van der Waals surface area contributed by atoms with E-state index in [0.29, 0.717) is 0 Å². The minimum atomic E-state index is 0. The van der Waals surface area contributed by atoms with Crippen LogP contribution in [0.15, 0.2) is 0 Å². The topological polar surface area (TPSA) is 0 Å². The predicted molar refractivity (Wildman–Crippen MR) is 91.9 cm³/mol. The first-order valence-corrected chi connectivity index (χ1v) is 2.21. The fourth-order valence-corrected chi connectivity index (χ4v) is 0.250. The van der Waals surface area contributed by atoms with Gasteiger partial charge in [-0.15, -0.1) is 0 Å². The zero-order valence-electron chi connectivity index (χ0n) is 5.41. The van der Waals surface area contributed by atoms with Gasteiger partial charge in [0.15, 0.2) is 0 Å². The Morgan fingerprint density at radius 1 is 0.688 bits per heavy atom. The molecule has 115 valence electrons. The maximum absolute atomic E-state index is 3.68. The Morgan fingerprint density at radius 2 is 0.875 bits per heavy atom. The van der Waals surface area contributed by atoms with Gasteiger partial charge in [-0.1, -0.05) is 86.6 Å². The smallest absolute Gasteiger partial charge is 0 e. The van der Waals surface area contributed by atoms with Crippen molar-refractivity contribution in [3.05, 3.63) is 14.4 Å². The van der Waals surface area contributed by atoms with E-state index >= 15 is 0 Å². The summed E-state index contributed by atoms with van der Waals surface area (Å²) in [5.41, 5.74) is 0. The van der Waals surface area contributed by atoms with Crippen LogP contribution in [0.3, 0.4) is 0 Å². The molecule has 1 heteroatoms. The molecule has 0 nitrogen and oxygen atoms in total. The van der Waals surface area contributed by atoms with E-state index in [1.54, 1.807) is 0 Å². The number of hydrogen-bond donors (Lipinski definition) is 0. The van der Waals surface area contributed by atoms with Crippen LogP contribution in [-0.2, 0) is 32.7 Å². The molecule has 0 atom stereocenters. The molecule has 0 heterocycles. The first kappa shape index (κ1) is 170. The molecule has 0 fully saturated rings. The Kier molecular flexibility index (Phi) is 2320. The maximum Gasteiger partial charge on any atom is 0 e. The maximum atomic E-state index is 3.68. The molecule has 0 bridgehead atoms. The van der Waals surface area contributed by atoms with Gasteiger partial charge in [0.25, 0.3) is 0 Å². The van der Waals surface area contributed by atoms with E-state index in [1.807, 2.05) is 0 Å². The SMILES string of the molecule is C.C.C.C.C.C.C.C.C.[CH2-]CCCC.[CH3-].[Y]. The Hall–Kier alpha value is 1.10. The van der Waals surface area contributed by atoms with Crippen molar-refractivity contribution in [2.24, 2.45) is 0 Å². The summed E-state index contributed by atoms with van der Waals surface area (Å²) in [4.78, 5) is 0. The molecule has 16 heavy (non-hydrogen) atoms. The van der Waals surface area contributed by atoms with E-state index in [9.17, 15) is 0 Å². The minimum Gasteiger partial charge on any atom is -0.358 e. The molecule has 0 spiro atoms. The van der Waals surface area contributed by atoms with Gasteiger partial charge in [0.1, 0.15) is 0 Å². The second-order valence-electron chi connectivity index (χ2n) is 1.21. The molecule has 0 aromatic carbocycles. The summed E-state index contributed by atoms with van der Waals surface area (Å²) in [6, 6.07) is 0. The van der Waals surface area contributed by atoms with E-state index in [0.717, 1.165) is 6.42 Å². The van der Waals surface area contributed by atoms with Crippen molar-refractivity contribution in [3.8, 4) is 0 Å². The molecule has 0 aliphatic rings. The molecule has 0 saturated carbocycles. The van der Waals surface area contributed by atoms with Crippen molar-refractivity contribution in [1.82, 2.24) is 0 Å². The van der Waals surface area contributed by atoms with Gasteiger partial charge in [-0.05, 0) is 0 Å². The Morgan fingerprint density at radius 3 is 0.875 bits per heavy atom. The summed E-state index contributed by atoms with van der Waals surface area (Å²) in [6.45, 7) is 5.85. The largest absolute Gasteiger partial charge is 0.358 e. The molecular formula is C15H50Y-2. The molecule has 0 unspecified atom stereocenters. The van der Waals surface area contributed by atoms with Gasteiger partial charge in [-0.3, -0.25) is 0 Å². The van der Waals surface area contributed by atoms with Crippen LogP contribution in [0.5, 0.6) is 0 Å². The summed E-state index contributed by atoms with van der Waals surface area (Å²) in [6.07, 6.45) is 3.65. The third kappa shape index (κ3) is 312. The Bertz CT molecular complexity index is 12.9. The Balaban J connectivity index is -0.00000000145. The van der Waals surface area contributed by atoms with Crippen LogP contribution in [0, 0.1) is 14.4 Å². The molecule has 0 aromatic heterocycles. The Labute approximate surface area is 139 Å². The van der Waals surface area contributed by atoms with Gasteiger partial charge in [-0.25, -0.2) is 0 Å². The van der Waals surface area contributed by atoms with Crippen LogP contribution in [0.2, 0.25) is 0 Å². The van der Waals surface area contributed by atoms with E-state index < -0.39 is 0 Å². The third-order valence-corrected chi connectivity index (χ3v) is 0.604. The number of rotatable bonds is 2. The van der Waals surface area contributed by atoms with Crippen molar-refractivity contribution in [3.63, 3.8) is 0 Å². The average molecular weight is 319 g/mol. The fraction of sp³-hybridized carbons (Fsp3) is 0.867. The molecule has 0 aliphatic carbocycles. The van der Waals surface area contributed by atoms with Crippen molar-refractivity contribution in [2.75, 3.05) is 0 Å². The van der Waals surface area contributed by atoms with E-state index in [-0.39, 0.29) is 107 Å². The zero-order valence-corrected chi connectivity index (χ0v) is 8.24. The van der Waals surface area contributed by atoms with Crippen molar-refractivity contribution >= 4 is 0 Å². The van der Waals surface area contributed by atoms with Gasteiger partial charge in [-0.2, -0.15) is 6.42 Å². The molecule has 0 aromatic rings. The summed E-state index contributed by atoms with van der Waals surface area (Å²) in [5, 5.41) is 0. The quantitative estimate of drug-likeness (QED) is 0.450. The van der Waals surface area contributed by atoms with Crippen LogP contribution < -0.4 is 0 Å². The molecular weight excluding hydrogens is 269 g/mol. The van der Waals surface area contributed by atoms with Crippen LogP contribution in [0.1, 0.15) is 93.0 Å². The molecule has 0 amide bonds. The number of hydrogen-bond acceptors (Lipinski definition) is 0. The molecule has 0 N–H and O–H groups in total. The standard InChI is InChI=1S/C5H11.9CH4.CH3.Y/c1-3-5-4-2;;;;;;;;;;;/h1,3-5H2,2H3;9*1H4;1H3;/q-1;;;;;;;;;;-1;. The van der Waals surface area contributed by atoms with Gasteiger partial charge in [0, 0.05) is 32.7 Å². The third-order valence-electron chi connectivity index (χ3n) is 0.604. The average Bonchev–Trinajstić information content (AvgIpc) is 1.41. The summed E-state index contributed by atoms with van der Waals surface area (Å²) < 4.78 is 0. The predicted octanol–water partition coefficient (Wildman–Crippen LogP) is 8.18. The fourth-order valence-electron chi connectivity index (χ4n) is 0.250. The van der Waals surface area contributed by atoms with Crippen LogP contribution in [-0.4, -0.2) is 0 Å². The number of unbranched alkanes of at least 4 members (excludes halogenated alkanes) is 2. The van der Waals surface area contributed by atoms with E-state index in [1.165, 1.54) is 12.8 Å². The second kappa shape index (κ2) is 218. The second-order valence-corrected chi connectivity index (χ2v) is 1.21. The minimum absolute atomic E-state index is 0. The summed E-state index contributed by atoms with van der Waals surface area (Å²) >= 11 is 0. The summed E-state index contributed by atoms with van der Waals surface area (Å²) in [5.74, 6) is 0. The first-order chi connectivity index (χ1) is 2.41. The van der Waals surface area contributed by atoms with E-state index in [4.69, 9.17) is 0 Å². The van der Waals surface area contributed by atoms with Crippen molar-refractivity contribution in [2.45, 2.75) is 93.0 Å². The van der Waals surface area contributed by atoms with Crippen LogP contribution in [0.25, 0.3) is 0 Å². The van der Waals surface area contributed by atoms with Gasteiger partial charge < -0.3 is 14.4 Å². The zero-order chi connectivity index (χ0) is 4.12. The molecule has 0 saturated heterocycles. The van der Waals surface area contributed by atoms with Crippen LogP contribution >= 0.6 is 0 Å². The summed E-state index contributed by atoms with van der Waals surface area (Å²) in [7, 11) is 0. The van der Waals surface area contributed by atoms with Gasteiger partial charge in [0.05, 0.1) is 0 Å². The monoisotopic (exact) mass is 319 g/mol. The molecule has 0 rings (SSSR count). The first-order valence-electron chi connectivity index (χ1n) is 2.21. The van der Waals surface area contributed by atoms with Gasteiger partial charge >= 0.3 is 0 Å². The van der Waals surface area contributed by atoms with E-state index in [2.05, 4.69) is 13.8 Å². The van der Waals surface area contributed by atoms with Crippen LogP contribution in [0.4, 0.5) is 0 Å². The molecule has 1 radical (unpaired) electrons. The van der Waals surface area contributed by atoms with Gasteiger partial charge in [0.2, 0.25) is 0 Å². The van der Waals surface area contributed by atoms with Crippen molar-refractivity contribution < 1.29 is 32.7 Å². The molecule has 0 aliphatic heterocycles.